The van der Waals surface area contributed by atoms with Gasteiger partial charge in [-0.05, 0) is 45.2 Å². The first-order chi connectivity index (χ1) is 13.8. The zero-order valence-electron chi connectivity index (χ0n) is 18.0. The molecule has 0 aliphatic carbocycles. The minimum atomic E-state index is -0.773. The van der Waals surface area contributed by atoms with Crippen molar-refractivity contribution < 1.29 is 5.11 Å². The Bertz CT molecular complexity index is 879. The van der Waals surface area contributed by atoms with Crippen LogP contribution in [0, 0.1) is 6.92 Å². The van der Waals surface area contributed by atoms with Gasteiger partial charge < -0.3 is 15.3 Å². The fraction of sp³-hybridized carbons (Fsp3) is 0.500. The topological polar surface area (TPSA) is 88.9 Å². The highest BCUT2D eigenvalue weighted by Crippen LogP contribution is 2.22. The number of piperazine rings is 1. The molecule has 2 heterocycles. The normalized spacial score (nSPS) is 19.0. The summed E-state index contributed by atoms with van der Waals surface area (Å²) in [4.78, 5) is 2.19. The second-order valence-corrected chi connectivity index (χ2v) is 8.17. The van der Waals surface area contributed by atoms with Crippen molar-refractivity contribution in [3.05, 3.63) is 41.7 Å². The van der Waals surface area contributed by atoms with E-state index in [0.717, 1.165) is 47.7 Å². The smallest absolute Gasteiger partial charge is 0.124 e. The van der Waals surface area contributed by atoms with Crippen LogP contribution in [-0.2, 0) is 0 Å². The van der Waals surface area contributed by atoms with Crippen molar-refractivity contribution in [3.63, 3.8) is 0 Å². The molecule has 156 valence electrons. The lowest BCUT2D eigenvalue weighted by molar-refractivity contribution is 0.0204. The SMILES string of the molecule is CC/C(=N\N=C(/C)N1CCNC(C(C)(C)O)C1)c1ccc(-c2cn[nH]c2)cc1C. The van der Waals surface area contributed by atoms with Crippen LogP contribution in [0.15, 0.2) is 40.8 Å². The van der Waals surface area contributed by atoms with Crippen molar-refractivity contribution in [2.24, 2.45) is 10.2 Å². The maximum absolute atomic E-state index is 10.3. The van der Waals surface area contributed by atoms with E-state index in [9.17, 15) is 5.11 Å². The number of aromatic nitrogens is 2. The Hall–Kier alpha value is -2.51. The average molecular weight is 397 g/mol. The molecule has 1 saturated heterocycles. The molecular weight excluding hydrogens is 364 g/mol. The van der Waals surface area contributed by atoms with Crippen LogP contribution in [0.5, 0.6) is 0 Å². The van der Waals surface area contributed by atoms with Crippen molar-refractivity contribution in [2.45, 2.75) is 52.7 Å². The van der Waals surface area contributed by atoms with E-state index in [1.165, 1.54) is 5.56 Å². The summed E-state index contributed by atoms with van der Waals surface area (Å²) in [5.41, 5.74) is 4.68. The van der Waals surface area contributed by atoms with Crippen LogP contribution in [0.4, 0.5) is 0 Å². The third kappa shape index (κ3) is 5.10. The Labute approximate surface area is 172 Å². The van der Waals surface area contributed by atoms with Crippen LogP contribution < -0.4 is 5.32 Å². The highest BCUT2D eigenvalue weighted by Gasteiger charge is 2.31. The van der Waals surface area contributed by atoms with Crippen LogP contribution in [0.25, 0.3) is 11.1 Å². The maximum atomic E-state index is 10.3. The van der Waals surface area contributed by atoms with Crippen molar-refractivity contribution in [1.29, 1.82) is 0 Å². The first-order valence-corrected chi connectivity index (χ1v) is 10.2. The van der Waals surface area contributed by atoms with Crippen LogP contribution >= 0.6 is 0 Å². The summed E-state index contributed by atoms with van der Waals surface area (Å²) < 4.78 is 0. The standard InChI is InChI=1S/C22H32N6O/c1-6-20(19-8-7-17(11-15(19)2)18-12-24-25-13-18)27-26-16(3)28-10-9-23-21(14-28)22(4,5)29/h7-8,11-13,21,23,29H,6,9-10,14H2,1-5H3,(H,24,25)/b26-16+,27-20+. The minimum absolute atomic E-state index is 0.00809. The first kappa shape index (κ1) is 21.2. The molecule has 3 rings (SSSR count). The molecule has 0 spiro atoms. The van der Waals surface area contributed by atoms with Gasteiger partial charge in [0.25, 0.3) is 0 Å². The van der Waals surface area contributed by atoms with Crippen LogP contribution in [0.1, 0.15) is 45.2 Å². The summed E-state index contributed by atoms with van der Waals surface area (Å²) >= 11 is 0. The third-order valence-corrected chi connectivity index (χ3v) is 5.51. The van der Waals surface area contributed by atoms with Gasteiger partial charge in [-0.15, -0.1) is 5.10 Å². The van der Waals surface area contributed by atoms with Crippen LogP contribution in [-0.4, -0.2) is 63.0 Å². The summed E-state index contributed by atoms with van der Waals surface area (Å²) in [5.74, 6) is 0.874. The van der Waals surface area contributed by atoms with E-state index in [-0.39, 0.29) is 6.04 Å². The molecule has 2 aromatic rings. The Kier molecular flexibility index (Phi) is 6.49. The Morgan fingerprint density at radius 1 is 1.31 bits per heavy atom. The quantitative estimate of drug-likeness (QED) is 0.412. The van der Waals surface area contributed by atoms with Gasteiger partial charge in [0.1, 0.15) is 5.84 Å². The third-order valence-electron chi connectivity index (χ3n) is 5.51. The van der Waals surface area contributed by atoms with Crippen LogP contribution in [0.2, 0.25) is 0 Å². The fourth-order valence-corrected chi connectivity index (χ4v) is 3.60. The monoisotopic (exact) mass is 396 g/mol. The second kappa shape index (κ2) is 8.88. The van der Waals surface area contributed by atoms with E-state index in [1.807, 2.05) is 33.2 Å². The fourth-order valence-electron chi connectivity index (χ4n) is 3.60. The molecule has 1 aliphatic rings. The molecule has 0 bridgehead atoms. The van der Waals surface area contributed by atoms with Gasteiger partial charge in [-0.25, -0.2) is 0 Å². The van der Waals surface area contributed by atoms with Crippen molar-refractivity contribution in [3.8, 4) is 11.1 Å². The molecule has 3 N–H and O–H groups in total. The number of H-pyrrole nitrogens is 1. The van der Waals surface area contributed by atoms with Gasteiger partial charge in [-0.2, -0.15) is 10.2 Å². The molecular formula is C22H32N6O. The highest BCUT2D eigenvalue weighted by molar-refractivity contribution is 6.02. The van der Waals surface area contributed by atoms with E-state index in [4.69, 9.17) is 0 Å². The van der Waals surface area contributed by atoms with Crippen molar-refractivity contribution in [1.82, 2.24) is 20.4 Å². The van der Waals surface area contributed by atoms with Crippen molar-refractivity contribution in [2.75, 3.05) is 19.6 Å². The first-order valence-electron chi connectivity index (χ1n) is 10.2. The summed E-state index contributed by atoms with van der Waals surface area (Å²) in [6.45, 7) is 12.3. The summed E-state index contributed by atoms with van der Waals surface area (Å²) in [6, 6.07) is 6.37. The van der Waals surface area contributed by atoms with Gasteiger partial charge in [0.15, 0.2) is 0 Å². The summed E-state index contributed by atoms with van der Waals surface area (Å²) in [6.07, 6.45) is 4.52. The van der Waals surface area contributed by atoms with E-state index in [2.05, 4.69) is 62.7 Å². The van der Waals surface area contributed by atoms with Gasteiger partial charge >= 0.3 is 0 Å². The number of nitrogens with zero attached hydrogens (tertiary/aromatic N) is 4. The molecule has 29 heavy (non-hydrogen) atoms. The van der Waals surface area contributed by atoms with E-state index < -0.39 is 5.60 Å². The summed E-state index contributed by atoms with van der Waals surface area (Å²) in [7, 11) is 0. The Morgan fingerprint density at radius 2 is 2.10 bits per heavy atom. The zero-order valence-corrected chi connectivity index (χ0v) is 18.0. The molecule has 7 nitrogen and oxygen atoms in total. The molecule has 1 aromatic heterocycles. The number of aryl methyl sites for hydroxylation is 1. The lowest BCUT2D eigenvalue weighted by Crippen LogP contribution is -2.60. The molecule has 0 saturated carbocycles. The van der Waals surface area contributed by atoms with Gasteiger partial charge in [0.05, 0.1) is 23.6 Å². The predicted molar refractivity (Wildman–Crippen MR) is 118 cm³/mol. The minimum Gasteiger partial charge on any atom is -0.389 e. The van der Waals surface area contributed by atoms with Gasteiger partial charge in [-0.1, -0.05) is 25.1 Å². The number of amidine groups is 1. The van der Waals surface area contributed by atoms with Gasteiger partial charge in [-0.3, -0.25) is 5.10 Å². The Balaban J connectivity index is 1.79. The number of hydrogen-bond donors (Lipinski definition) is 3. The molecule has 1 aliphatic heterocycles. The number of nitrogens with one attached hydrogen (secondary N) is 2. The molecule has 0 amide bonds. The van der Waals surface area contributed by atoms with Gasteiger partial charge in [0, 0.05) is 37.0 Å². The van der Waals surface area contributed by atoms with E-state index >= 15 is 0 Å². The average Bonchev–Trinajstić information content (AvgIpc) is 3.23. The van der Waals surface area contributed by atoms with Crippen LogP contribution in [0.3, 0.4) is 0 Å². The molecule has 7 heteroatoms. The summed E-state index contributed by atoms with van der Waals surface area (Å²) in [5, 5.41) is 29.7. The number of rotatable bonds is 5. The van der Waals surface area contributed by atoms with E-state index in [1.54, 1.807) is 0 Å². The number of aromatic amines is 1. The molecule has 1 unspecified atom stereocenters. The largest absolute Gasteiger partial charge is 0.389 e. The molecule has 0 radical (unpaired) electrons. The zero-order chi connectivity index (χ0) is 21.0. The number of benzene rings is 1. The molecule has 1 atom stereocenters. The van der Waals surface area contributed by atoms with Crippen molar-refractivity contribution >= 4 is 11.5 Å². The lowest BCUT2D eigenvalue weighted by Gasteiger charge is -2.40. The second-order valence-electron chi connectivity index (χ2n) is 8.17. The van der Waals surface area contributed by atoms with E-state index in [0.29, 0.717) is 6.54 Å². The number of aliphatic hydroxyl groups is 1. The highest BCUT2D eigenvalue weighted by atomic mass is 16.3. The number of hydrogen-bond acceptors (Lipinski definition) is 5. The lowest BCUT2D eigenvalue weighted by atomic mass is 9.97. The maximum Gasteiger partial charge on any atom is 0.124 e. The molecule has 1 fully saturated rings. The van der Waals surface area contributed by atoms with Gasteiger partial charge in [0.2, 0.25) is 0 Å². The molecule has 1 aromatic carbocycles. The predicted octanol–water partition coefficient (Wildman–Crippen LogP) is 2.96. The Morgan fingerprint density at radius 3 is 2.72 bits per heavy atom.